The van der Waals surface area contributed by atoms with E-state index < -0.39 is 6.43 Å². The fourth-order valence-corrected chi connectivity index (χ4v) is 1.26. The van der Waals surface area contributed by atoms with Crippen molar-refractivity contribution in [2.45, 2.75) is 19.9 Å². The molecule has 1 heterocycles. The van der Waals surface area contributed by atoms with Crippen molar-refractivity contribution in [3.8, 4) is 0 Å². The summed E-state index contributed by atoms with van der Waals surface area (Å²) in [6.07, 6.45) is -1.13. The number of aromatic nitrogens is 1. The van der Waals surface area contributed by atoms with Crippen LogP contribution >= 0.6 is 0 Å². The predicted molar refractivity (Wildman–Crippen MR) is 49.6 cm³/mol. The highest BCUT2D eigenvalue weighted by atomic mass is 19.3. The summed E-state index contributed by atoms with van der Waals surface area (Å²) in [5.41, 5.74) is 0.629. The lowest BCUT2D eigenvalue weighted by atomic mass is 10.3. The molecule has 0 spiro atoms. The molecule has 86 valence electrons. The Morgan fingerprint density at radius 2 is 2.33 bits per heavy atom. The summed E-state index contributed by atoms with van der Waals surface area (Å²) in [4.78, 5) is 5.35. The van der Waals surface area contributed by atoms with Gasteiger partial charge < -0.3 is 9.52 Å². The van der Waals surface area contributed by atoms with Gasteiger partial charge in [0.15, 0.2) is 6.39 Å². The Morgan fingerprint density at radius 3 is 2.80 bits per heavy atom. The van der Waals surface area contributed by atoms with Crippen molar-refractivity contribution in [2.24, 2.45) is 0 Å². The highest BCUT2D eigenvalue weighted by Gasteiger charge is 2.14. The van der Waals surface area contributed by atoms with E-state index in [1.54, 1.807) is 6.92 Å². The molecule has 1 aromatic rings. The second kappa shape index (κ2) is 5.77. The van der Waals surface area contributed by atoms with E-state index in [2.05, 4.69) is 4.98 Å². The van der Waals surface area contributed by atoms with E-state index in [0.29, 0.717) is 11.5 Å². The molecular weight excluding hydrogens is 206 g/mol. The van der Waals surface area contributed by atoms with Crippen LogP contribution in [0.2, 0.25) is 0 Å². The van der Waals surface area contributed by atoms with Crippen LogP contribution in [0.4, 0.5) is 8.78 Å². The summed E-state index contributed by atoms with van der Waals surface area (Å²) in [6.45, 7) is 1.68. The van der Waals surface area contributed by atoms with E-state index in [1.165, 1.54) is 11.3 Å². The molecule has 0 aliphatic rings. The van der Waals surface area contributed by atoms with Crippen molar-refractivity contribution in [1.29, 1.82) is 0 Å². The topological polar surface area (TPSA) is 49.5 Å². The summed E-state index contributed by atoms with van der Waals surface area (Å²) in [6, 6.07) is 0. The average molecular weight is 220 g/mol. The first-order valence-corrected chi connectivity index (χ1v) is 4.63. The van der Waals surface area contributed by atoms with E-state index >= 15 is 0 Å². The molecule has 0 unspecified atom stereocenters. The van der Waals surface area contributed by atoms with Gasteiger partial charge in [0.2, 0.25) is 0 Å². The molecule has 0 saturated heterocycles. The zero-order valence-electron chi connectivity index (χ0n) is 8.49. The lowest BCUT2D eigenvalue weighted by molar-refractivity contribution is 0.0739. The summed E-state index contributed by atoms with van der Waals surface area (Å²) in [5.74, 6) is 0.618. The molecular formula is C9H14F2N2O2. The number of nitrogens with zero attached hydrogens (tertiary/aromatic N) is 2. The van der Waals surface area contributed by atoms with Gasteiger partial charge in [-0.1, -0.05) is 0 Å². The summed E-state index contributed by atoms with van der Waals surface area (Å²) >= 11 is 0. The zero-order chi connectivity index (χ0) is 11.3. The fourth-order valence-electron chi connectivity index (χ4n) is 1.26. The summed E-state index contributed by atoms with van der Waals surface area (Å²) in [5, 5.41) is 8.72. The molecule has 4 nitrogen and oxygen atoms in total. The Hall–Kier alpha value is -1.01. The number of alkyl halides is 2. The normalized spacial score (nSPS) is 11.6. The fraction of sp³-hybridized carbons (Fsp3) is 0.667. The molecule has 0 fully saturated rings. The van der Waals surface area contributed by atoms with Gasteiger partial charge in [-0.2, -0.15) is 0 Å². The van der Waals surface area contributed by atoms with Crippen molar-refractivity contribution in [2.75, 3.05) is 19.7 Å². The maximum atomic E-state index is 12.2. The van der Waals surface area contributed by atoms with Crippen LogP contribution in [-0.2, 0) is 6.54 Å². The van der Waals surface area contributed by atoms with Gasteiger partial charge in [-0.25, -0.2) is 13.8 Å². The average Bonchev–Trinajstić information content (AvgIpc) is 2.51. The molecule has 0 aromatic carbocycles. The molecule has 1 rings (SSSR count). The highest BCUT2D eigenvalue weighted by molar-refractivity contribution is 5.04. The lowest BCUT2D eigenvalue weighted by Crippen LogP contribution is -2.31. The number of oxazole rings is 1. The molecule has 0 atom stereocenters. The first kappa shape index (κ1) is 12.1. The van der Waals surface area contributed by atoms with Crippen LogP contribution in [0.3, 0.4) is 0 Å². The maximum Gasteiger partial charge on any atom is 0.251 e. The second-order valence-electron chi connectivity index (χ2n) is 3.21. The van der Waals surface area contributed by atoms with E-state index in [0.717, 1.165) is 0 Å². The number of aliphatic hydroxyl groups is 1. The van der Waals surface area contributed by atoms with Crippen LogP contribution in [0.25, 0.3) is 0 Å². The minimum atomic E-state index is -2.41. The molecule has 0 amide bonds. The number of aliphatic hydroxyl groups excluding tert-OH is 1. The van der Waals surface area contributed by atoms with Gasteiger partial charge in [-0.15, -0.1) is 0 Å². The number of rotatable bonds is 6. The molecule has 15 heavy (non-hydrogen) atoms. The van der Waals surface area contributed by atoms with Crippen molar-refractivity contribution in [1.82, 2.24) is 9.88 Å². The molecule has 0 radical (unpaired) electrons. The number of hydrogen-bond donors (Lipinski definition) is 1. The van der Waals surface area contributed by atoms with Crippen molar-refractivity contribution < 1.29 is 18.3 Å². The van der Waals surface area contributed by atoms with Gasteiger partial charge in [-0.3, -0.25) is 4.90 Å². The quantitative estimate of drug-likeness (QED) is 0.778. The third-order valence-corrected chi connectivity index (χ3v) is 2.03. The summed E-state index contributed by atoms with van der Waals surface area (Å²) < 4.78 is 29.3. The molecule has 1 aromatic heterocycles. The highest BCUT2D eigenvalue weighted by Crippen LogP contribution is 2.09. The van der Waals surface area contributed by atoms with Crippen LogP contribution in [0.5, 0.6) is 0 Å². The number of hydrogen-bond acceptors (Lipinski definition) is 4. The molecule has 0 aliphatic carbocycles. The Kier molecular flexibility index (Phi) is 4.64. The van der Waals surface area contributed by atoms with Gasteiger partial charge in [0.25, 0.3) is 6.43 Å². The van der Waals surface area contributed by atoms with Gasteiger partial charge in [0.1, 0.15) is 5.76 Å². The number of aryl methyl sites for hydroxylation is 1. The van der Waals surface area contributed by atoms with Gasteiger partial charge >= 0.3 is 0 Å². The number of halogens is 2. The lowest BCUT2D eigenvalue weighted by Gasteiger charge is -2.19. The third-order valence-electron chi connectivity index (χ3n) is 2.03. The Morgan fingerprint density at radius 1 is 1.60 bits per heavy atom. The van der Waals surface area contributed by atoms with Crippen molar-refractivity contribution in [3.63, 3.8) is 0 Å². The van der Waals surface area contributed by atoms with Crippen LogP contribution in [0, 0.1) is 6.92 Å². The van der Waals surface area contributed by atoms with Gasteiger partial charge in [-0.05, 0) is 6.92 Å². The Balaban J connectivity index is 2.54. The van der Waals surface area contributed by atoms with Crippen LogP contribution in [-0.4, -0.2) is 41.1 Å². The van der Waals surface area contributed by atoms with Crippen molar-refractivity contribution in [3.05, 3.63) is 17.8 Å². The molecule has 6 heteroatoms. The third kappa shape index (κ3) is 3.93. The SMILES string of the molecule is Cc1ocnc1CN(CCO)CC(F)F. The Bertz CT molecular complexity index is 291. The van der Waals surface area contributed by atoms with E-state index in [1.807, 2.05) is 0 Å². The van der Waals surface area contributed by atoms with Crippen LogP contribution < -0.4 is 0 Å². The maximum absolute atomic E-state index is 12.2. The monoisotopic (exact) mass is 220 g/mol. The minimum Gasteiger partial charge on any atom is -0.448 e. The molecule has 0 aliphatic heterocycles. The predicted octanol–water partition coefficient (Wildman–Crippen LogP) is 1.04. The molecule has 1 N–H and O–H groups in total. The Labute approximate surface area is 86.5 Å². The molecule has 0 bridgehead atoms. The smallest absolute Gasteiger partial charge is 0.251 e. The zero-order valence-corrected chi connectivity index (χ0v) is 8.49. The van der Waals surface area contributed by atoms with Crippen LogP contribution in [0.15, 0.2) is 10.8 Å². The van der Waals surface area contributed by atoms with E-state index in [9.17, 15) is 8.78 Å². The first-order valence-electron chi connectivity index (χ1n) is 4.63. The molecule has 0 saturated carbocycles. The van der Waals surface area contributed by atoms with E-state index in [-0.39, 0.29) is 26.2 Å². The first-order chi connectivity index (χ1) is 7.13. The standard InChI is InChI=1S/C9H14F2N2O2/c1-7-8(12-6-15-7)4-13(2-3-14)5-9(10)11/h6,9,14H,2-5H2,1H3. The van der Waals surface area contributed by atoms with Crippen molar-refractivity contribution >= 4 is 0 Å². The van der Waals surface area contributed by atoms with E-state index in [4.69, 9.17) is 9.52 Å². The minimum absolute atomic E-state index is 0.149. The second-order valence-corrected chi connectivity index (χ2v) is 3.21. The largest absolute Gasteiger partial charge is 0.448 e. The summed E-state index contributed by atoms with van der Waals surface area (Å²) in [7, 11) is 0. The van der Waals surface area contributed by atoms with Gasteiger partial charge in [0.05, 0.1) is 18.8 Å². The van der Waals surface area contributed by atoms with Gasteiger partial charge in [0, 0.05) is 13.1 Å². The van der Waals surface area contributed by atoms with Crippen LogP contribution in [0.1, 0.15) is 11.5 Å².